The molecule has 0 spiro atoms. The predicted molar refractivity (Wildman–Crippen MR) is 71.1 cm³/mol. The molecule has 1 aliphatic heterocycles. The van der Waals surface area contributed by atoms with Crippen LogP contribution in [0.5, 0.6) is 0 Å². The zero-order chi connectivity index (χ0) is 12.1. The van der Waals surface area contributed by atoms with E-state index in [1.807, 2.05) is 0 Å². The monoisotopic (exact) mass is 233 g/mol. The summed E-state index contributed by atoms with van der Waals surface area (Å²) in [6.07, 6.45) is 3.00. The van der Waals surface area contributed by atoms with Crippen LogP contribution in [0.2, 0.25) is 0 Å². The molecule has 1 aromatic carbocycles. The maximum Gasteiger partial charge on any atom is 0.0800 e. The lowest BCUT2D eigenvalue weighted by atomic mass is 10.1. The molecule has 1 aliphatic rings. The van der Waals surface area contributed by atoms with Crippen LogP contribution in [0.4, 0.5) is 0 Å². The summed E-state index contributed by atoms with van der Waals surface area (Å²) in [5.74, 6) is 0. The maximum absolute atomic E-state index is 6.14. The molecular formula is C15H23NO. The van der Waals surface area contributed by atoms with E-state index in [0.29, 0.717) is 6.10 Å². The van der Waals surface area contributed by atoms with Crippen molar-refractivity contribution in [2.75, 3.05) is 19.6 Å². The first-order valence-corrected chi connectivity index (χ1v) is 6.72. The van der Waals surface area contributed by atoms with E-state index in [1.54, 1.807) is 0 Å². The van der Waals surface area contributed by atoms with Crippen LogP contribution >= 0.6 is 0 Å². The van der Waals surface area contributed by atoms with Gasteiger partial charge in [-0.1, -0.05) is 37.3 Å². The standard InChI is InChI=1S/C15H23NO/c1-3-16-11-9-15(10-12-16)17-13(2)14-7-5-4-6-8-14/h4-8,13,15H,3,9-12H2,1-2H3. The van der Waals surface area contributed by atoms with E-state index in [2.05, 4.69) is 49.1 Å². The second kappa shape index (κ2) is 6.18. The van der Waals surface area contributed by atoms with Crippen molar-refractivity contribution in [3.8, 4) is 0 Å². The Kier molecular flexibility index (Phi) is 4.57. The Labute approximate surface area is 105 Å². The van der Waals surface area contributed by atoms with Crippen molar-refractivity contribution >= 4 is 0 Å². The van der Waals surface area contributed by atoms with Crippen molar-refractivity contribution in [1.29, 1.82) is 0 Å². The summed E-state index contributed by atoms with van der Waals surface area (Å²) >= 11 is 0. The summed E-state index contributed by atoms with van der Waals surface area (Å²) in [5.41, 5.74) is 1.28. The van der Waals surface area contributed by atoms with Crippen molar-refractivity contribution < 1.29 is 4.74 Å². The fraction of sp³-hybridized carbons (Fsp3) is 0.600. The van der Waals surface area contributed by atoms with Gasteiger partial charge in [0.15, 0.2) is 0 Å². The molecule has 0 bridgehead atoms. The maximum atomic E-state index is 6.14. The molecule has 1 saturated heterocycles. The Balaban J connectivity index is 1.82. The predicted octanol–water partition coefficient (Wildman–Crippen LogP) is 3.25. The number of nitrogens with zero attached hydrogens (tertiary/aromatic N) is 1. The Morgan fingerprint density at radius 2 is 1.88 bits per heavy atom. The fourth-order valence-electron chi connectivity index (χ4n) is 2.45. The third-order valence-corrected chi connectivity index (χ3v) is 3.65. The molecule has 0 radical (unpaired) electrons. The molecule has 1 aromatic rings. The van der Waals surface area contributed by atoms with E-state index < -0.39 is 0 Å². The zero-order valence-electron chi connectivity index (χ0n) is 10.9. The summed E-state index contributed by atoms with van der Waals surface area (Å²) in [6.45, 7) is 7.92. The SMILES string of the molecule is CCN1CCC(OC(C)c2ccccc2)CC1. The van der Waals surface area contributed by atoms with Crippen LogP contribution in [-0.4, -0.2) is 30.6 Å². The largest absolute Gasteiger partial charge is 0.370 e. The van der Waals surface area contributed by atoms with Crippen LogP contribution in [0.3, 0.4) is 0 Å². The average molecular weight is 233 g/mol. The van der Waals surface area contributed by atoms with Crippen molar-refractivity contribution in [3.05, 3.63) is 35.9 Å². The minimum Gasteiger partial charge on any atom is -0.370 e. The van der Waals surface area contributed by atoms with Crippen molar-refractivity contribution in [2.24, 2.45) is 0 Å². The van der Waals surface area contributed by atoms with Gasteiger partial charge in [-0.3, -0.25) is 0 Å². The van der Waals surface area contributed by atoms with Crippen LogP contribution in [0, 0.1) is 0 Å². The van der Waals surface area contributed by atoms with Gasteiger partial charge in [0.25, 0.3) is 0 Å². The van der Waals surface area contributed by atoms with Crippen LogP contribution in [0.15, 0.2) is 30.3 Å². The van der Waals surface area contributed by atoms with E-state index >= 15 is 0 Å². The first-order chi connectivity index (χ1) is 8.29. The number of likely N-dealkylation sites (tertiary alicyclic amines) is 1. The number of piperidine rings is 1. The van der Waals surface area contributed by atoms with Gasteiger partial charge in [-0.15, -0.1) is 0 Å². The third kappa shape index (κ3) is 3.55. The molecule has 1 fully saturated rings. The molecule has 1 atom stereocenters. The number of hydrogen-bond donors (Lipinski definition) is 0. The molecule has 1 heterocycles. The summed E-state index contributed by atoms with van der Waals surface area (Å²) < 4.78 is 6.14. The first kappa shape index (κ1) is 12.6. The normalized spacial score (nSPS) is 20.4. The second-order valence-electron chi connectivity index (χ2n) is 4.82. The molecule has 0 saturated carbocycles. The lowest BCUT2D eigenvalue weighted by Crippen LogP contribution is -2.37. The van der Waals surface area contributed by atoms with E-state index in [0.717, 1.165) is 0 Å². The number of benzene rings is 1. The fourth-order valence-corrected chi connectivity index (χ4v) is 2.45. The molecule has 2 heteroatoms. The smallest absolute Gasteiger partial charge is 0.0800 e. The minimum absolute atomic E-state index is 0.217. The van der Waals surface area contributed by atoms with Gasteiger partial charge in [0, 0.05) is 13.1 Å². The van der Waals surface area contributed by atoms with Gasteiger partial charge >= 0.3 is 0 Å². The Morgan fingerprint density at radius 1 is 1.24 bits per heavy atom. The topological polar surface area (TPSA) is 12.5 Å². The lowest BCUT2D eigenvalue weighted by Gasteiger charge is -2.32. The summed E-state index contributed by atoms with van der Waals surface area (Å²) in [5, 5.41) is 0. The van der Waals surface area contributed by atoms with E-state index in [4.69, 9.17) is 4.74 Å². The van der Waals surface area contributed by atoms with Gasteiger partial charge in [0.1, 0.15) is 0 Å². The Bertz CT molecular complexity index is 317. The van der Waals surface area contributed by atoms with Gasteiger partial charge in [-0.05, 0) is 31.9 Å². The number of ether oxygens (including phenoxy) is 1. The lowest BCUT2D eigenvalue weighted by molar-refractivity contribution is -0.0353. The van der Waals surface area contributed by atoms with E-state index in [-0.39, 0.29) is 6.10 Å². The molecule has 0 amide bonds. The van der Waals surface area contributed by atoms with Gasteiger partial charge in [0.2, 0.25) is 0 Å². The molecule has 2 rings (SSSR count). The van der Waals surface area contributed by atoms with E-state index in [1.165, 1.54) is 38.0 Å². The van der Waals surface area contributed by atoms with Crippen LogP contribution in [-0.2, 0) is 4.74 Å². The average Bonchev–Trinajstić information content (AvgIpc) is 2.40. The quantitative estimate of drug-likeness (QED) is 0.791. The molecule has 2 nitrogen and oxygen atoms in total. The van der Waals surface area contributed by atoms with Crippen molar-refractivity contribution in [1.82, 2.24) is 4.90 Å². The third-order valence-electron chi connectivity index (χ3n) is 3.65. The van der Waals surface area contributed by atoms with Gasteiger partial charge in [-0.25, -0.2) is 0 Å². The minimum atomic E-state index is 0.217. The van der Waals surface area contributed by atoms with Gasteiger partial charge < -0.3 is 9.64 Å². The molecule has 94 valence electrons. The highest BCUT2D eigenvalue weighted by Crippen LogP contribution is 2.23. The van der Waals surface area contributed by atoms with E-state index in [9.17, 15) is 0 Å². The number of hydrogen-bond acceptors (Lipinski definition) is 2. The molecule has 0 N–H and O–H groups in total. The summed E-state index contributed by atoms with van der Waals surface area (Å²) in [6, 6.07) is 10.5. The highest BCUT2D eigenvalue weighted by atomic mass is 16.5. The number of rotatable bonds is 4. The van der Waals surface area contributed by atoms with Crippen molar-refractivity contribution in [2.45, 2.75) is 38.9 Å². The van der Waals surface area contributed by atoms with Gasteiger partial charge in [-0.2, -0.15) is 0 Å². The Hall–Kier alpha value is -0.860. The van der Waals surface area contributed by atoms with Crippen LogP contribution in [0.1, 0.15) is 38.4 Å². The Morgan fingerprint density at radius 3 is 2.47 bits per heavy atom. The van der Waals surface area contributed by atoms with Crippen LogP contribution in [0.25, 0.3) is 0 Å². The molecule has 0 aliphatic carbocycles. The highest BCUT2D eigenvalue weighted by molar-refractivity contribution is 5.16. The zero-order valence-corrected chi connectivity index (χ0v) is 10.9. The summed E-state index contributed by atoms with van der Waals surface area (Å²) in [4.78, 5) is 2.49. The van der Waals surface area contributed by atoms with Crippen molar-refractivity contribution in [3.63, 3.8) is 0 Å². The summed E-state index contributed by atoms with van der Waals surface area (Å²) in [7, 11) is 0. The first-order valence-electron chi connectivity index (χ1n) is 6.72. The van der Waals surface area contributed by atoms with Crippen LogP contribution < -0.4 is 0 Å². The van der Waals surface area contributed by atoms with Gasteiger partial charge in [0.05, 0.1) is 12.2 Å². The molecule has 1 unspecified atom stereocenters. The molecule has 17 heavy (non-hydrogen) atoms. The molecule has 0 aromatic heterocycles. The second-order valence-corrected chi connectivity index (χ2v) is 4.82. The highest BCUT2D eigenvalue weighted by Gasteiger charge is 2.20. The molecular weight excluding hydrogens is 210 g/mol.